The predicted molar refractivity (Wildman–Crippen MR) is 114 cm³/mol. The van der Waals surface area contributed by atoms with Crippen LogP contribution in [0.3, 0.4) is 0 Å². The van der Waals surface area contributed by atoms with Crippen molar-refractivity contribution in [3.8, 4) is 0 Å². The minimum absolute atomic E-state index is 0.0948. The van der Waals surface area contributed by atoms with Gasteiger partial charge < -0.3 is 4.90 Å². The first-order chi connectivity index (χ1) is 13.9. The third kappa shape index (κ3) is 4.48. The second kappa shape index (κ2) is 8.44. The molecule has 154 valence electrons. The normalized spacial score (nSPS) is 19.1. The van der Waals surface area contributed by atoms with E-state index in [1.807, 2.05) is 24.3 Å². The van der Waals surface area contributed by atoms with Crippen LogP contribution in [-0.2, 0) is 21.4 Å². The van der Waals surface area contributed by atoms with E-state index in [0.717, 1.165) is 24.2 Å². The monoisotopic (exact) mass is 433 g/mol. The molecule has 0 aromatic heterocycles. The van der Waals surface area contributed by atoms with Gasteiger partial charge in [0.15, 0.2) is 0 Å². The number of rotatable bonds is 5. The van der Waals surface area contributed by atoms with E-state index in [9.17, 15) is 13.2 Å². The lowest BCUT2D eigenvalue weighted by Gasteiger charge is -2.34. The Labute approximate surface area is 176 Å². The Morgan fingerprint density at radius 3 is 2.10 bits per heavy atom. The molecule has 2 aromatic rings. The maximum atomic E-state index is 13.0. The smallest absolute Gasteiger partial charge is 0.243 e. The number of piperazine rings is 1. The van der Waals surface area contributed by atoms with Crippen LogP contribution in [0, 0.1) is 0 Å². The van der Waals surface area contributed by atoms with E-state index in [-0.39, 0.29) is 10.8 Å². The topological polar surface area (TPSA) is 60.9 Å². The predicted octanol–water partition coefficient (Wildman–Crippen LogP) is 2.97. The van der Waals surface area contributed by atoms with Crippen molar-refractivity contribution in [2.75, 3.05) is 37.6 Å². The molecule has 2 aliphatic heterocycles. The van der Waals surface area contributed by atoms with Crippen LogP contribution in [0.2, 0.25) is 5.02 Å². The van der Waals surface area contributed by atoms with Crippen LogP contribution in [0.1, 0.15) is 18.4 Å². The molecule has 4 rings (SSSR count). The molecule has 2 heterocycles. The second-order valence-corrected chi connectivity index (χ2v) is 9.82. The number of sulfonamides is 1. The Bertz CT molecular complexity index is 969. The maximum absolute atomic E-state index is 13.0. The molecule has 0 saturated carbocycles. The molecule has 0 N–H and O–H groups in total. The number of hydrogen-bond donors (Lipinski definition) is 0. The summed E-state index contributed by atoms with van der Waals surface area (Å²) in [6, 6.07) is 14.4. The lowest BCUT2D eigenvalue weighted by atomic mass is 10.2. The van der Waals surface area contributed by atoms with Crippen molar-refractivity contribution in [3.05, 3.63) is 59.1 Å². The second-order valence-electron chi connectivity index (χ2n) is 7.45. The molecular formula is C21H24ClN3O3S. The number of anilines is 1. The summed E-state index contributed by atoms with van der Waals surface area (Å²) in [6.45, 7) is 3.76. The molecule has 2 aromatic carbocycles. The molecule has 0 atom stereocenters. The molecule has 0 unspecified atom stereocenters. The van der Waals surface area contributed by atoms with Gasteiger partial charge in [0.25, 0.3) is 0 Å². The molecule has 0 spiro atoms. The molecular weight excluding hydrogens is 410 g/mol. The number of halogens is 1. The zero-order chi connectivity index (χ0) is 20.4. The number of nitrogens with zero attached hydrogens (tertiary/aromatic N) is 3. The van der Waals surface area contributed by atoms with Gasteiger partial charge in [0.05, 0.1) is 4.90 Å². The van der Waals surface area contributed by atoms with Gasteiger partial charge in [-0.05, 0) is 48.4 Å². The summed E-state index contributed by atoms with van der Waals surface area (Å²) in [4.78, 5) is 16.1. The quantitative estimate of drug-likeness (QED) is 0.727. The molecule has 8 heteroatoms. The number of benzene rings is 2. The number of carbonyl (C=O) groups excluding carboxylic acids is 1. The Morgan fingerprint density at radius 1 is 0.862 bits per heavy atom. The number of carbonyl (C=O) groups is 1. The van der Waals surface area contributed by atoms with Gasteiger partial charge in [-0.15, -0.1) is 0 Å². The van der Waals surface area contributed by atoms with Gasteiger partial charge >= 0.3 is 0 Å². The summed E-state index contributed by atoms with van der Waals surface area (Å²) < 4.78 is 27.5. The van der Waals surface area contributed by atoms with Crippen LogP contribution < -0.4 is 4.90 Å². The maximum Gasteiger partial charge on any atom is 0.243 e. The first-order valence-corrected chi connectivity index (χ1v) is 11.6. The molecule has 2 aliphatic rings. The largest absolute Gasteiger partial charge is 0.312 e. The minimum atomic E-state index is -3.53. The summed E-state index contributed by atoms with van der Waals surface area (Å²) in [5.74, 6) is 0.0948. The Kier molecular flexibility index (Phi) is 5.92. The van der Waals surface area contributed by atoms with E-state index >= 15 is 0 Å². The highest BCUT2D eigenvalue weighted by Gasteiger charge is 2.29. The van der Waals surface area contributed by atoms with Crippen molar-refractivity contribution in [1.82, 2.24) is 9.21 Å². The van der Waals surface area contributed by atoms with E-state index in [2.05, 4.69) is 4.90 Å². The van der Waals surface area contributed by atoms with Crippen molar-refractivity contribution >= 4 is 33.2 Å². The Morgan fingerprint density at radius 2 is 1.52 bits per heavy atom. The van der Waals surface area contributed by atoms with E-state index in [0.29, 0.717) is 44.2 Å². The highest BCUT2D eigenvalue weighted by molar-refractivity contribution is 7.89. The van der Waals surface area contributed by atoms with Crippen LogP contribution >= 0.6 is 11.6 Å². The van der Waals surface area contributed by atoms with Gasteiger partial charge in [0.1, 0.15) is 0 Å². The molecule has 6 nitrogen and oxygen atoms in total. The SMILES string of the molecule is O=C1CCCN1c1ccc(S(=O)(=O)N2CCN(Cc3ccc(Cl)cc3)CC2)cc1. The van der Waals surface area contributed by atoms with Crippen molar-refractivity contribution in [1.29, 1.82) is 0 Å². The molecule has 2 fully saturated rings. The highest BCUT2D eigenvalue weighted by atomic mass is 35.5. The fourth-order valence-corrected chi connectivity index (χ4v) is 5.39. The van der Waals surface area contributed by atoms with E-state index in [1.54, 1.807) is 33.5 Å². The summed E-state index contributed by atoms with van der Waals surface area (Å²) in [7, 11) is -3.53. The summed E-state index contributed by atoms with van der Waals surface area (Å²) >= 11 is 5.93. The fourth-order valence-electron chi connectivity index (χ4n) is 3.84. The van der Waals surface area contributed by atoms with Crippen molar-refractivity contribution in [2.45, 2.75) is 24.3 Å². The highest BCUT2D eigenvalue weighted by Crippen LogP contribution is 2.25. The van der Waals surface area contributed by atoms with Crippen LogP contribution in [0.5, 0.6) is 0 Å². The third-order valence-corrected chi connectivity index (χ3v) is 7.68. The summed E-state index contributed by atoms with van der Waals surface area (Å²) in [5.41, 5.74) is 1.93. The summed E-state index contributed by atoms with van der Waals surface area (Å²) in [5, 5.41) is 0.713. The first kappa shape index (κ1) is 20.3. The van der Waals surface area contributed by atoms with Crippen molar-refractivity contribution < 1.29 is 13.2 Å². The minimum Gasteiger partial charge on any atom is -0.312 e. The van der Waals surface area contributed by atoms with Gasteiger partial charge in [0.2, 0.25) is 15.9 Å². The van der Waals surface area contributed by atoms with Crippen molar-refractivity contribution in [2.24, 2.45) is 0 Å². The van der Waals surface area contributed by atoms with E-state index < -0.39 is 10.0 Å². The Balaban J connectivity index is 1.38. The number of hydrogen-bond acceptors (Lipinski definition) is 4. The average Bonchev–Trinajstić information content (AvgIpc) is 3.16. The van der Waals surface area contributed by atoms with Crippen LogP contribution in [0.25, 0.3) is 0 Å². The summed E-state index contributed by atoms with van der Waals surface area (Å²) in [6.07, 6.45) is 1.40. The number of amides is 1. The first-order valence-electron chi connectivity index (χ1n) is 9.81. The molecule has 2 saturated heterocycles. The van der Waals surface area contributed by atoms with E-state index in [4.69, 9.17) is 11.6 Å². The lowest BCUT2D eigenvalue weighted by molar-refractivity contribution is -0.117. The molecule has 1 amide bonds. The van der Waals surface area contributed by atoms with Gasteiger partial charge in [0, 0.05) is 56.4 Å². The molecule has 0 bridgehead atoms. The zero-order valence-corrected chi connectivity index (χ0v) is 17.7. The average molecular weight is 434 g/mol. The third-order valence-electron chi connectivity index (χ3n) is 5.51. The Hall–Kier alpha value is -1.93. The van der Waals surface area contributed by atoms with Crippen molar-refractivity contribution in [3.63, 3.8) is 0 Å². The van der Waals surface area contributed by atoms with Gasteiger partial charge in [-0.25, -0.2) is 8.42 Å². The van der Waals surface area contributed by atoms with Gasteiger partial charge in [-0.2, -0.15) is 4.31 Å². The molecule has 29 heavy (non-hydrogen) atoms. The van der Waals surface area contributed by atoms with Crippen LogP contribution in [0.15, 0.2) is 53.4 Å². The molecule has 0 aliphatic carbocycles. The zero-order valence-electron chi connectivity index (χ0n) is 16.1. The fraction of sp³-hybridized carbons (Fsp3) is 0.381. The van der Waals surface area contributed by atoms with Crippen LogP contribution in [-0.4, -0.2) is 56.3 Å². The van der Waals surface area contributed by atoms with Gasteiger partial charge in [-0.1, -0.05) is 23.7 Å². The van der Waals surface area contributed by atoms with Gasteiger partial charge in [-0.3, -0.25) is 9.69 Å². The lowest BCUT2D eigenvalue weighted by Crippen LogP contribution is -2.48. The van der Waals surface area contributed by atoms with Crippen LogP contribution in [0.4, 0.5) is 5.69 Å². The molecule has 0 radical (unpaired) electrons. The van der Waals surface area contributed by atoms with E-state index in [1.165, 1.54) is 0 Å². The standard InChI is InChI=1S/C21H24ClN3O3S/c22-18-5-3-17(4-6-18)16-23-12-14-24(15-13-23)29(27,28)20-9-7-19(8-10-20)25-11-1-2-21(25)26/h3-10H,1-2,11-16H2.